The molecule has 2 aromatic carbocycles. The summed E-state index contributed by atoms with van der Waals surface area (Å²) in [7, 11) is 0. The van der Waals surface area contributed by atoms with E-state index in [0.717, 1.165) is 28.2 Å². The Kier molecular flexibility index (Phi) is 4.34. The van der Waals surface area contributed by atoms with Crippen molar-refractivity contribution in [2.45, 2.75) is 26.4 Å². The first-order valence-electron chi connectivity index (χ1n) is 9.14. The van der Waals surface area contributed by atoms with Gasteiger partial charge in [0.25, 0.3) is 0 Å². The highest BCUT2D eigenvalue weighted by atomic mass is 16.5. The summed E-state index contributed by atoms with van der Waals surface area (Å²) in [5.74, 6) is 1.83. The molecule has 0 fully saturated rings. The van der Waals surface area contributed by atoms with E-state index in [4.69, 9.17) is 14.2 Å². The molecule has 0 bridgehead atoms. The molecule has 0 aliphatic carbocycles. The normalized spacial score (nSPS) is 16.2. The smallest absolute Gasteiger partial charge is 0.153 e. The van der Waals surface area contributed by atoms with Crippen molar-refractivity contribution in [1.29, 1.82) is 0 Å². The molecule has 6 nitrogen and oxygen atoms in total. The first-order valence-corrected chi connectivity index (χ1v) is 9.14. The van der Waals surface area contributed by atoms with Crippen LogP contribution in [0.1, 0.15) is 37.5 Å². The SMILES string of the molecule is CCOc1cc(C2=Cc3ccc4c(c3OC2)C=CC(C)(C)O4)c(O)cc1N=O. The highest BCUT2D eigenvalue weighted by Crippen LogP contribution is 2.44. The van der Waals surface area contributed by atoms with Crippen LogP contribution in [0.25, 0.3) is 17.7 Å². The number of fused-ring (bicyclic) bond motifs is 3. The van der Waals surface area contributed by atoms with Crippen LogP contribution in [0.5, 0.6) is 23.0 Å². The third-order valence-corrected chi connectivity index (χ3v) is 4.73. The van der Waals surface area contributed by atoms with Gasteiger partial charge in [-0.2, -0.15) is 0 Å². The number of phenolic OH excluding ortho intramolecular Hbond substituents is 1. The Morgan fingerprint density at radius 2 is 2.11 bits per heavy atom. The number of phenols is 1. The van der Waals surface area contributed by atoms with Gasteiger partial charge in [0.05, 0.1) is 12.2 Å². The number of hydrogen-bond donors (Lipinski definition) is 1. The minimum absolute atomic E-state index is 0.0423. The molecule has 0 atom stereocenters. The molecule has 0 spiro atoms. The average molecular weight is 379 g/mol. The van der Waals surface area contributed by atoms with Gasteiger partial charge >= 0.3 is 0 Å². The molecule has 2 aliphatic rings. The van der Waals surface area contributed by atoms with Crippen LogP contribution in [-0.4, -0.2) is 23.9 Å². The molecule has 1 N–H and O–H groups in total. The molecular weight excluding hydrogens is 358 g/mol. The second-order valence-corrected chi connectivity index (χ2v) is 7.25. The fourth-order valence-corrected chi connectivity index (χ4v) is 3.41. The van der Waals surface area contributed by atoms with Crippen LogP contribution < -0.4 is 14.2 Å². The van der Waals surface area contributed by atoms with Crippen LogP contribution in [0.4, 0.5) is 5.69 Å². The van der Waals surface area contributed by atoms with E-state index in [9.17, 15) is 10.0 Å². The van der Waals surface area contributed by atoms with E-state index in [0.29, 0.717) is 17.9 Å². The zero-order valence-corrected chi connectivity index (χ0v) is 16.0. The zero-order chi connectivity index (χ0) is 19.9. The second-order valence-electron chi connectivity index (χ2n) is 7.25. The Labute approximate surface area is 163 Å². The van der Waals surface area contributed by atoms with Crippen molar-refractivity contribution >= 4 is 23.4 Å². The topological polar surface area (TPSA) is 77.3 Å². The van der Waals surface area contributed by atoms with Crippen molar-refractivity contribution in [2.24, 2.45) is 5.18 Å². The van der Waals surface area contributed by atoms with E-state index < -0.39 is 0 Å². The summed E-state index contributed by atoms with van der Waals surface area (Å²) in [6.07, 6.45) is 5.99. The van der Waals surface area contributed by atoms with Gasteiger partial charge in [-0.05, 0) is 62.4 Å². The van der Waals surface area contributed by atoms with Gasteiger partial charge in [0.1, 0.15) is 35.2 Å². The minimum Gasteiger partial charge on any atom is -0.507 e. The highest BCUT2D eigenvalue weighted by Gasteiger charge is 2.27. The van der Waals surface area contributed by atoms with Crippen molar-refractivity contribution < 1.29 is 19.3 Å². The van der Waals surface area contributed by atoms with E-state index in [1.54, 1.807) is 6.07 Å². The lowest BCUT2D eigenvalue weighted by Gasteiger charge is -2.30. The minimum atomic E-state index is -0.354. The van der Waals surface area contributed by atoms with Gasteiger partial charge in [-0.1, -0.05) is 0 Å². The molecule has 0 saturated heterocycles. The maximum absolute atomic E-state index is 11.0. The quantitative estimate of drug-likeness (QED) is 0.729. The van der Waals surface area contributed by atoms with Crippen molar-refractivity contribution in [3.05, 3.63) is 51.9 Å². The standard InChI is InChI=1S/C22H21NO5/c1-4-26-20-10-16(18(24)11-17(20)23-25)14-9-13-5-6-19-15(21(13)27-12-14)7-8-22(2,3)28-19/h5-11,24H,4,12H2,1-3H3. The van der Waals surface area contributed by atoms with E-state index >= 15 is 0 Å². The maximum atomic E-state index is 11.0. The predicted octanol–water partition coefficient (Wildman–Crippen LogP) is 5.31. The Balaban J connectivity index is 1.77. The van der Waals surface area contributed by atoms with Gasteiger partial charge in [0, 0.05) is 22.8 Å². The summed E-state index contributed by atoms with van der Waals surface area (Å²) in [4.78, 5) is 11.0. The Morgan fingerprint density at radius 3 is 2.86 bits per heavy atom. The zero-order valence-electron chi connectivity index (χ0n) is 16.0. The number of ether oxygens (including phenoxy) is 3. The predicted molar refractivity (Wildman–Crippen MR) is 108 cm³/mol. The van der Waals surface area contributed by atoms with Crippen molar-refractivity contribution in [2.75, 3.05) is 13.2 Å². The van der Waals surface area contributed by atoms with Crippen molar-refractivity contribution in [1.82, 2.24) is 0 Å². The molecule has 2 aromatic rings. The van der Waals surface area contributed by atoms with Crippen LogP contribution in [0, 0.1) is 4.91 Å². The summed E-state index contributed by atoms with van der Waals surface area (Å²) >= 11 is 0. The van der Waals surface area contributed by atoms with E-state index in [1.807, 2.05) is 51.1 Å². The number of nitrogens with zero attached hydrogens (tertiary/aromatic N) is 1. The van der Waals surface area contributed by atoms with Gasteiger partial charge in [0.15, 0.2) is 5.69 Å². The van der Waals surface area contributed by atoms with Gasteiger partial charge in [0.2, 0.25) is 0 Å². The summed E-state index contributed by atoms with van der Waals surface area (Å²) in [6.45, 7) is 6.48. The Hall–Kier alpha value is -3.28. The average Bonchev–Trinajstić information content (AvgIpc) is 2.67. The van der Waals surface area contributed by atoms with Crippen LogP contribution in [0.3, 0.4) is 0 Å². The fourth-order valence-electron chi connectivity index (χ4n) is 3.41. The lowest BCUT2D eigenvalue weighted by atomic mass is 9.95. The number of benzene rings is 2. The molecule has 144 valence electrons. The number of aromatic hydroxyl groups is 1. The Bertz CT molecular complexity index is 1020. The highest BCUT2D eigenvalue weighted by molar-refractivity contribution is 5.90. The first-order chi connectivity index (χ1) is 13.4. The molecule has 2 heterocycles. The molecular formula is C22H21NO5. The number of hydrogen-bond acceptors (Lipinski definition) is 6. The van der Waals surface area contributed by atoms with Crippen LogP contribution in [0.15, 0.2) is 35.5 Å². The fraction of sp³-hybridized carbons (Fsp3) is 0.273. The Morgan fingerprint density at radius 1 is 1.29 bits per heavy atom. The molecule has 28 heavy (non-hydrogen) atoms. The van der Waals surface area contributed by atoms with Gasteiger partial charge in [-0.15, -0.1) is 4.91 Å². The third-order valence-electron chi connectivity index (χ3n) is 4.73. The lowest BCUT2D eigenvalue weighted by molar-refractivity contribution is 0.158. The van der Waals surface area contributed by atoms with E-state index in [1.165, 1.54) is 6.07 Å². The van der Waals surface area contributed by atoms with Gasteiger partial charge in [-0.25, -0.2) is 0 Å². The van der Waals surface area contributed by atoms with Crippen LogP contribution >= 0.6 is 0 Å². The molecule has 0 unspecified atom stereocenters. The maximum Gasteiger partial charge on any atom is 0.153 e. The number of rotatable bonds is 4. The number of nitroso groups, excluding NO2 is 1. The molecule has 0 aromatic heterocycles. The summed E-state index contributed by atoms with van der Waals surface area (Å²) in [6, 6.07) is 6.80. The summed E-state index contributed by atoms with van der Waals surface area (Å²) in [5.41, 5.74) is 2.85. The second kappa shape index (κ2) is 6.71. The largest absolute Gasteiger partial charge is 0.507 e. The first kappa shape index (κ1) is 18.1. The molecule has 6 heteroatoms. The molecule has 0 radical (unpaired) electrons. The van der Waals surface area contributed by atoms with Crippen LogP contribution in [0.2, 0.25) is 0 Å². The molecule has 2 aliphatic heterocycles. The van der Waals surface area contributed by atoms with E-state index in [2.05, 4.69) is 5.18 Å². The van der Waals surface area contributed by atoms with Gasteiger partial charge in [-0.3, -0.25) is 0 Å². The van der Waals surface area contributed by atoms with Crippen molar-refractivity contribution in [3.63, 3.8) is 0 Å². The molecule has 0 amide bonds. The molecule has 0 saturated carbocycles. The van der Waals surface area contributed by atoms with Crippen molar-refractivity contribution in [3.8, 4) is 23.0 Å². The van der Waals surface area contributed by atoms with E-state index in [-0.39, 0.29) is 23.6 Å². The monoisotopic (exact) mass is 379 g/mol. The lowest BCUT2D eigenvalue weighted by Crippen LogP contribution is -2.27. The van der Waals surface area contributed by atoms with Gasteiger partial charge < -0.3 is 19.3 Å². The van der Waals surface area contributed by atoms with Crippen LogP contribution in [-0.2, 0) is 0 Å². The third kappa shape index (κ3) is 3.11. The summed E-state index contributed by atoms with van der Waals surface area (Å²) < 4.78 is 17.5. The summed E-state index contributed by atoms with van der Waals surface area (Å²) in [5, 5.41) is 13.3. The molecule has 4 rings (SSSR count).